The largest absolute Gasteiger partial charge is 0.478 e. The number of aromatic amines is 1. The molecule has 0 aliphatic heterocycles. The van der Waals surface area contributed by atoms with Crippen molar-refractivity contribution in [3.8, 4) is 11.6 Å². The lowest BCUT2D eigenvalue weighted by atomic mass is 10.1. The van der Waals surface area contributed by atoms with Gasteiger partial charge in [0, 0.05) is 0 Å². The number of hydrogen-bond acceptors (Lipinski definition) is 4. The van der Waals surface area contributed by atoms with E-state index in [0.717, 1.165) is 6.33 Å². The van der Waals surface area contributed by atoms with Gasteiger partial charge in [-0.1, -0.05) is 23.7 Å². The molecule has 19 heavy (non-hydrogen) atoms. The molecular formula is C12H9ClN2O4. The zero-order valence-electron chi connectivity index (χ0n) is 9.81. The van der Waals surface area contributed by atoms with Crippen molar-refractivity contribution < 1.29 is 14.6 Å². The average Bonchev–Trinajstić information content (AvgIpc) is 2.36. The maximum Gasteiger partial charge on any atom is 0.339 e. The third-order valence-corrected chi connectivity index (χ3v) is 2.74. The minimum atomic E-state index is -1.14. The van der Waals surface area contributed by atoms with Crippen molar-refractivity contribution in [2.75, 3.05) is 0 Å². The van der Waals surface area contributed by atoms with E-state index in [2.05, 4.69) is 9.97 Å². The number of para-hydroxylation sites is 1. The average molecular weight is 281 g/mol. The first-order valence-electron chi connectivity index (χ1n) is 5.24. The van der Waals surface area contributed by atoms with Gasteiger partial charge in [0.15, 0.2) is 5.02 Å². The van der Waals surface area contributed by atoms with E-state index in [1.807, 2.05) is 0 Å². The second-order valence-corrected chi connectivity index (χ2v) is 4.09. The standard InChI is InChI=1S/C12H9ClN2O4/c1-6-3-2-4-7(12(17)18)9(6)19-11-8(13)10(16)14-5-15-11/h2-5H,1H3,(H,17,18)(H,14,15,16). The van der Waals surface area contributed by atoms with Crippen molar-refractivity contribution in [2.45, 2.75) is 6.92 Å². The molecule has 0 unspecified atom stereocenters. The Morgan fingerprint density at radius 3 is 2.89 bits per heavy atom. The predicted molar refractivity (Wildman–Crippen MR) is 68.1 cm³/mol. The van der Waals surface area contributed by atoms with Gasteiger partial charge in [0.2, 0.25) is 5.88 Å². The first-order valence-corrected chi connectivity index (χ1v) is 5.62. The number of hydrogen-bond donors (Lipinski definition) is 2. The van der Waals surface area contributed by atoms with Crippen molar-refractivity contribution in [1.29, 1.82) is 0 Å². The molecule has 0 amide bonds. The SMILES string of the molecule is Cc1cccc(C(=O)O)c1Oc1nc[nH]c(=O)c1Cl. The van der Waals surface area contributed by atoms with Crippen LogP contribution in [0.3, 0.4) is 0 Å². The molecule has 2 rings (SSSR count). The van der Waals surface area contributed by atoms with Gasteiger partial charge in [0.25, 0.3) is 5.56 Å². The quantitative estimate of drug-likeness (QED) is 0.899. The Bertz CT molecular complexity index is 696. The molecule has 2 N–H and O–H groups in total. The fraction of sp³-hybridized carbons (Fsp3) is 0.0833. The minimum Gasteiger partial charge on any atom is -0.478 e. The number of aromatic carboxylic acids is 1. The van der Waals surface area contributed by atoms with Crippen LogP contribution < -0.4 is 10.3 Å². The molecule has 98 valence electrons. The summed E-state index contributed by atoms with van der Waals surface area (Å²) in [7, 11) is 0. The highest BCUT2D eigenvalue weighted by Crippen LogP contribution is 2.30. The number of aryl methyl sites for hydroxylation is 1. The molecule has 0 saturated heterocycles. The molecule has 0 fully saturated rings. The van der Waals surface area contributed by atoms with Crippen LogP contribution in [0.25, 0.3) is 0 Å². The Kier molecular flexibility index (Phi) is 3.52. The smallest absolute Gasteiger partial charge is 0.339 e. The van der Waals surface area contributed by atoms with E-state index in [9.17, 15) is 9.59 Å². The molecule has 0 aliphatic rings. The number of rotatable bonds is 3. The summed E-state index contributed by atoms with van der Waals surface area (Å²) in [4.78, 5) is 28.5. The molecule has 0 atom stereocenters. The van der Waals surface area contributed by atoms with Gasteiger partial charge in [-0.05, 0) is 18.6 Å². The second kappa shape index (κ2) is 5.11. The number of benzene rings is 1. The van der Waals surface area contributed by atoms with E-state index in [1.54, 1.807) is 19.1 Å². The monoisotopic (exact) mass is 280 g/mol. The molecule has 0 spiro atoms. The topological polar surface area (TPSA) is 92.3 Å². The zero-order chi connectivity index (χ0) is 14.0. The third-order valence-electron chi connectivity index (χ3n) is 2.41. The number of ether oxygens (including phenoxy) is 1. The lowest BCUT2D eigenvalue weighted by molar-refractivity contribution is 0.0694. The van der Waals surface area contributed by atoms with Crippen molar-refractivity contribution in [1.82, 2.24) is 9.97 Å². The highest BCUT2D eigenvalue weighted by molar-refractivity contribution is 6.31. The summed E-state index contributed by atoms with van der Waals surface area (Å²) in [5, 5.41) is 8.86. The molecule has 1 aromatic heterocycles. The molecule has 6 nitrogen and oxygen atoms in total. The predicted octanol–water partition coefficient (Wildman–Crippen LogP) is 2.22. The summed E-state index contributed by atoms with van der Waals surface area (Å²) in [6, 6.07) is 4.67. The molecule has 0 radical (unpaired) electrons. The van der Waals surface area contributed by atoms with Crippen molar-refractivity contribution >= 4 is 17.6 Å². The van der Waals surface area contributed by atoms with Gasteiger partial charge in [-0.2, -0.15) is 0 Å². The second-order valence-electron chi connectivity index (χ2n) is 3.71. The van der Waals surface area contributed by atoms with E-state index in [1.165, 1.54) is 6.07 Å². The molecule has 1 aromatic carbocycles. The lowest BCUT2D eigenvalue weighted by Crippen LogP contribution is -2.09. The highest BCUT2D eigenvalue weighted by Gasteiger charge is 2.17. The molecule has 2 aromatic rings. The summed E-state index contributed by atoms with van der Waals surface area (Å²) in [5.41, 5.74) is 0.00771. The summed E-state index contributed by atoms with van der Waals surface area (Å²) in [5.74, 6) is -1.17. The number of carboxylic acids is 1. The Hall–Kier alpha value is -2.34. The number of nitrogens with zero attached hydrogens (tertiary/aromatic N) is 1. The van der Waals surface area contributed by atoms with Crippen LogP contribution in [0.4, 0.5) is 0 Å². The molecule has 1 heterocycles. The van der Waals surface area contributed by atoms with Crippen LogP contribution in [0.2, 0.25) is 5.02 Å². The number of carbonyl (C=O) groups is 1. The van der Waals surface area contributed by atoms with Crippen LogP contribution in [0.15, 0.2) is 29.3 Å². The van der Waals surface area contributed by atoms with Crippen LogP contribution in [-0.4, -0.2) is 21.0 Å². The number of H-pyrrole nitrogens is 1. The third kappa shape index (κ3) is 2.58. The summed E-state index contributed by atoms with van der Waals surface area (Å²) < 4.78 is 5.37. The van der Waals surface area contributed by atoms with Gasteiger partial charge in [-0.15, -0.1) is 0 Å². The fourth-order valence-electron chi connectivity index (χ4n) is 1.49. The summed E-state index contributed by atoms with van der Waals surface area (Å²) >= 11 is 5.75. The van der Waals surface area contributed by atoms with E-state index >= 15 is 0 Å². The Balaban J connectivity index is 2.52. The number of carboxylic acid groups (broad SMARTS) is 1. The summed E-state index contributed by atoms with van der Waals surface area (Å²) in [6.45, 7) is 1.68. The van der Waals surface area contributed by atoms with Gasteiger partial charge in [-0.3, -0.25) is 4.79 Å². The number of halogens is 1. The Morgan fingerprint density at radius 2 is 2.21 bits per heavy atom. The van der Waals surface area contributed by atoms with Crippen LogP contribution in [-0.2, 0) is 0 Å². The first kappa shape index (κ1) is 13.1. The van der Waals surface area contributed by atoms with Crippen LogP contribution in [0, 0.1) is 6.92 Å². The maximum absolute atomic E-state index is 11.3. The summed E-state index contributed by atoms with van der Waals surface area (Å²) in [6.07, 6.45) is 1.13. The number of nitrogens with one attached hydrogen (secondary N) is 1. The van der Waals surface area contributed by atoms with E-state index < -0.39 is 11.5 Å². The Morgan fingerprint density at radius 1 is 1.47 bits per heavy atom. The zero-order valence-corrected chi connectivity index (χ0v) is 10.6. The normalized spacial score (nSPS) is 10.2. The Labute approximate surface area is 112 Å². The molecule has 0 bridgehead atoms. The maximum atomic E-state index is 11.3. The molecule has 0 aliphatic carbocycles. The fourth-order valence-corrected chi connectivity index (χ4v) is 1.63. The lowest BCUT2D eigenvalue weighted by Gasteiger charge is -2.10. The van der Waals surface area contributed by atoms with Crippen molar-refractivity contribution in [3.63, 3.8) is 0 Å². The van der Waals surface area contributed by atoms with Crippen LogP contribution in [0.1, 0.15) is 15.9 Å². The van der Waals surface area contributed by atoms with E-state index in [4.69, 9.17) is 21.4 Å². The number of aromatic nitrogens is 2. The first-order chi connectivity index (χ1) is 9.00. The molecular weight excluding hydrogens is 272 g/mol. The van der Waals surface area contributed by atoms with Crippen LogP contribution >= 0.6 is 11.6 Å². The van der Waals surface area contributed by atoms with Crippen molar-refractivity contribution in [2.24, 2.45) is 0 Å². The van der Waals surface area contributed by atoms with Gasteiger partial charge in [0.1, 0.15) is 11.3 Å². The minimum absolute atomic E-state index is 0.0295. The van der Waals surface area contributed by atoms with Gasteiger partial charge in [-0.25, -0.2) is 9.78 Å². The van der Waals surface area contributed by atoms with Gasteiger partial charge in [0.05, 0.1) is 6.33 Å². The van der Waals surface area contributed by atoms with Crippen LogP contribution in [0.5, 0.6) is 11.6 Å². The highest BCUT2D eigenvalue weighted by atomic mass is 35.5. The van der Waals surface area contributed by atoms with E-state index in [0.29, 0.717) is 5.56 Å². The molecule has 0 saturated carbocycles. The van der Waals surface area contributed by atoms with Gasteiger partial charge < -0.3 is 14.8 Å². The van der Waals surface area contributed by atoms with E-state index in [-0.39, 0.29) is 22.2 Å². The molecule has 7 heteroatoms. The van der Waals surface area contributed by atoms with Crippen molar-refractivity contribution in [3.05, 3.63) is 51.0 Å². The van der Waals surface area contributed by atoms with Gasteiger partial charge >= 0.3 is 5.97 Å².